The van der Waals surface area contributed by atoms with E-state index >= 15 is 0 Å². The van der Waals surface area contributed by atoms with Crippen LogP contribution >= 0.6 is 11.6 Å². The van der Waals surface area contributed by atoms with Crippen LogP contribution in [-0.4, -0.2) is 53.3 Å². The number of aromatic nitrogens is 2. The van der Waals surface area contributed by atoms with Crippen molar-refractivity contribution >= 4 is 27.5 Å². The Kier molecular flexibility index (Phi) is 5.15. The zero-order valence-electron chi connectivity index (χ0n) is 13.3. The normalized spacial score (nSPS) is 19.0. The first-order chi connectivity index (χ1) is 10.6. The lowest BCUT2D eigenvalue weighted by Gasteiger charge is -2.28. The molecular weight excluding hydrogens is 342 g/mol. The molecule has 1 aromatic heterocycles. The van der Waals surface area contributed by atoms with Gasteiger partial charge in [-0.25, -0.2) is 23.2 Å². The molecule has 1 aliphatic heterocycles. The van der Waals surface area contributed by atoms with Crippen LogP contribution in [0.3, 0.4) is 0 Å². The number of carbonyl (C=O) groups is 1. The highest BCUT2D eigenvalue weighted by atomic mass is 35.5. The maximum atomic E-state index is 12.5. The zero-order chi connectivity index (χ0) is 17.3. The van der Waals surface area contributed by atoms with Crippen molar-refractivity contribution in [2.24, 2.45) is 0 Å². The predicted molar refractivity (Wildman–Crippen MR) is 85.1 cm³/mol. The molecule has 2 heterocycles. The second-order valence-corrected chi connectivity index (χ2v) is 8.80. The lowest BCUT2D eigenvalue weighted by atomic mass is 10.2. The van der Waals surface area contributed by atoms with Gasteiger partial charge in [0.15, 0.2) is 14.9 Å². The minimum atomic E-state index is -3.66. The van der Waals surface area contributed by atoms with Gasteiger partial charge in [-0.05, 0) is 33.6 Å². The Morgan fingerprint density at radius 2 is 2.13 bits per heavy atom. The molecule has 23 heavy (non-hydrogen) atoms. The molecule has 0 saturated carbocycles. The zero-order valence-corrected chi connectivity index (χ0v) is 14.9. The number of rotatable bonds is 3. The van der Waals surface area contributed by atoms with Crippen LogP contribution in [0.25, 0.3) is 0 Å². The van der Waals surface area contributed by atoms with Gasteiger partial charge in [0, 0.05) is 18.7 Å². The van der Waals surface area contributed by atoms with Gasteiger partial charge < -0.3 is 9.64 Å². The largest absolute Gasteiger partial charge is 0.444 e. The Morgan fingerprint density at radius 3 is 2.74 bits per heavy atom. The van der Waals surface area contributed by atoms with Crippen molar-refractivity contribution in [3.05, 3.63) is 17.5 Å². The lowest BCUT2D eigenvalue weighted by Crippen LogP contribution is -2.42. The monoisotopic (exact) mass is 361 g/mol. The van der Waals surface area contributed by atoms with Crippen LogP contribution in [0.2, 0.25) is 5.15 Å². The molecule has 128 valence electrons. The van der Waals surface area contributed by atoms with Crippen LogP contribution in [0, 0.1) is 0 Å². The van der Waals surface area contributed by atoms with E-state index in [1.165, 1.54) is 11.0 Å². The molecule has 0 spiro atoms. The van der Waals surface area contributed by atoms with Crippen LogP contribution in [0.5, 0.6) is 0 Å². The van der Waals surface area contributed by atoms with Crippen molar-refractivity contribution in [3.8, 4) is 0 Å². The van der Waals surface area contributed by atoms with Crippen molar-refractivity contribution in [3.63, 3.8) is 0 Å². The highest BCUT2D eigenvalue weighted by Crippen LogP contribution is 2.24. The maximum absolute atomic E-state index is 12.5. The Hall–Kier alpha value is -1.41. The molecule has 0 unspecified atom stereocenters. The summed E-state index contributed by atoms with van der Waals surface area (Å²) in [7, 11) is -3.66. The molecule has 1 aliphatic rings. The van der Waals surface area contributed by atoms with Gasteiger partial charge in [-0.3, -0.25) is 0 Å². The fourth-order valence-electron chi connectivity index (χ4n) is 2.40. The summed E-state index contributed by atoms with van der Waals surface area (Å²) < 4.78 is 30.3. The van der Waals surface area contributed by atoms with Crippen LogP contribution in [0.1, 0.15) is 33.6 Å². The number of sulfone groups is 1. The van der Waals surface area contributed by atoms with Gasteiger partial charge >= 0.3 is 6.09 Å². The molecule has 2 rings (SSSR count). The van der Waals surface area contributed by atoms with Gasteiger partial charge in [0.25, 0.3) is 0 Å². The minimum Gasteiger partial charge on any atom is -0.444 e. The molecule has 1 atom stereocenters. The molecule has 7 nitrogen and oxygen atoms in total. The third-order valence-electron chi connectivity index (χ3n) is 3.34. The molecule has 0 aromatic carbocycles. The molecular formula is C14H20ClN3O4S. The third kappa shape index (κ3) is 4.78. The summed E-state index contributed by atoms with van der Waals surface area (Å²) in [5, 5.41) is -0.0671. The van der Waals surface area contributed by atoms with E-state index in [0.717, 1.165) is 12.7 Å². The van der Waals surface area contributed by atoms with Gasteiger partial charge in [0.1, 0.15) is 17.1 Å². The van der Waals surface area contributed by atoms with E-state index in [1.54, 1.807) is 20.8 Å². The number of amides is 1. The number of nitrogens with zero attached hydrogens (tertiary/aromatic N) is 3. The summed E-state index contributed by atoms with van der Waals surface area (Å²) >= 11 is 5.72. The lowest BCUT2D eigenvalue weighted by molar-refractivity contribution is 0.0241. The maximum Gasteiger partial charge on any atom is 0.410 e. The van der Waals surface area contributed by atoms with Crippen LogP contribution < -0.4 is 0 Å². The smallest absolute Gasteiger partial charge is 0.410 e. The minimum absolute atomic E-state index is 0.0639. The molecule has 1 fully saturated rings. The Balaban J connectivity index is 2.13. The average molecular weight is 362 g/mol. The molecule has 1 aromatic rings. The number of ether oxygens (including phenoxy) is 1. The van der Waals surface area contributed by atoms with E-state index in [0.29, 0.717) is 13.0 Å². The molecule has 0 bridgehead atoms. The van der Waals surface area contributed by atoms with Gasteiger partial charge in [-0.1, -0.05) is 11.6 Å². The van der Waals surface area contributed by atoms with Gasteiger partial charge in [0.2, 0.25) is 0 Å². The SMILES string of the molecule is CC(C)(C)OC(=O)N1CCC[C@H]1CS(=O)(=O)c1cc(Cl)ncn1. The Bertz CT molecular complexity index is 688. The first-order valence-corrected chi connectivity index (χ1v) is 9.31. The van der Waals surface area contributed by atoms with Crippen LogP contribution in [-0.2, 0) is 14.6 Å². The van der Waals surface area contributed by atoms with Gasteiger partial charge in [-0.15, -0.1) is 0 Å². The van der Waals surface area contributed by atoms with Crippen molar-refractivity contribution < 1.29 is 17.9 Å². The van der Waals surface area contributed by atoms with Crippen molar-refractivity contribution in [1.29, 1.82) is 0 Å². The van der Waals surface area contributed by atoms with E-state index in [2.05, 4.69) is 9.97 Å². The fraction of sp³-hybridized carbons (Fsp3) is 0.643. The first-order valence-electron chi connectivity index (χ1n) is 7.28. The standard InChI is InChI=1S/C14H20ClN3O4S/c1-14(2,3)22-13(19)18-6-4-5-10(18)8-23(20,21)12-7-11(15)16-9-17-12/h7,9-10H,4-6,8H2,1-3H3/t10-/m0/s1. The van der Waals surface area contributed by atoms with E-state index in [-0.39, 0.29) is 15.9 Å². The summed E-state index contributed by atoms with van der Waals surface area (Å²) in [5.74, 6) is -0.209. The summed E-state index contributed by atoms with van der Waals surface area (Å²) in [5.41, 5.74) is -0.622. The summed E-state index contributed by atoms with van der Waals surface area (Å²) in [6.45, 7) is 5.81. The Morgan fingerprint density at radius 1 is 1.43 bits per heavy atom. The highest BCUT2D eigenvalue weighted by Gasteiger charge is 2.35. The summed E-state index contributed by atoms with van der Waals surface area (Å²) in [6.07, 6.45) is 1.97. The summed E-state index contributed by atoms with van der Waals surface area (Å²) in [6, 6.07) is 0.785. The highest BCUT2D eigenvalue weighted by molar-refractivity contribution is 7.91. The van der Waals surface area contributed by atoms with Gasteiger partial charge in [0.05, 0.1) is 5.75 Å². The molecule has 0 radical (unpaired) electrons. The average Bonchev–Trinajstić information content (AvgIpc) is 2.84. The molecule has 0 N–H and O–H groups in total. The third-order valence-corrected chi connectivity index (χ3v) is 5.24. The molecule has 9 heteroatoms. The predicted octanol–water partition coefficient (Wildman–Crippen LogP) is 2.30. The first kappa shape index (κ1) is 17.9. The second kappa shape index (κ2) is 6.60. The second-order valence-electron chi connectivity index (χ2n) is 6.43. The molecule has 1 saturated heterocycles. The number of halogens is 1. The van der Waals surface area contributed by atoms with Crippen LogP contribution in [0.4, 0.5) is 4.79 Å². The Labute approximate surface area is 140 Å². The molecule has 1 amide bonds. The molecule has 0 aliphatic carbocycles. The van der Waals surface area contributed by atoms with E-state index < -0.39 is 27.6 Å². The fourth-order valence-corrected chi connectivity index (χ4v) is 4.13. The van der Waals surface area contributed by atoms with E-state index in [1.807, 2.05) is 0 Å². The topological polar surface area (TPSA) is 89.5 Å². The summed E-state index contributed by atoms with van der Waals surface area (Å²) in [4.78, 5) is 21.1. The van der Waals surface area contributed by atoms with Crippen molar-refractivity contribution in [2.75, 3.05) is 12.3 Å². The van der Waals surface area contributed by atoms with Crippen molar-refractivity contribution in [2.45, 2.75) is 50.3 Å². The number of carbonyl (C=O) groups excluding carboxylic acids is 1. The van der Waals surface area contributed by atoms with Crippen molar-refractivity contribution in [1.82, 2.24) is 14.9 Å². The quantitative estimate of drug-likeness (QED) is 0.767. The number of hydrogen-bond acceptors (Lipinski definition) is 6. The van der Waals surface area contributed by atoms with Gasteiger partial charge in [-0.2, -0.15) is 0 Å². The number of hydrogen-bond donors (Lipinski definition) is 0. The van der Waals surface area contributed by atoms with E-state index in [4.69, 9.17) is 16.3 Å². The van der Waals surface area contributed by atoms with E-state index in [9.17, 15) is 13.2 Å². The van der Waals surface area contributed by atoms with Crippen LogP contribution in [0.15, 0.2) is 17.4 Å². The number of likely N-dealkylation sites (tertiary alicyclic amines) is 1.